The van der Waals surface area contributed by atoms with Crippen molar-refractivity contribution in [1.29, 1.82) is 5.41 Å². The highest BCUT2D eigenvalue weighted by atomic mass is 79.9. The summed E-state index contributed by atoms with van der Waals surface area (Å²) in [6.45, 7) is 0.264. The molecule has 5 nitrogen and oxygen atoms in total. The molecule has 24 heavy (non-hydrogen) atoms. The number of imidazole rings is 1. The molecule has 0 spiro atoms. The summed E-state index contributed by atoms with van der Waals surface area (Å²) in [4.78, 5) is 6.38. The molecule has 0 saturated carbocycles. The van der Waals surface area contributed by atoms with Crippen molar-refractivity contribution in [3.8, 4) is 0 Å². The molecular weight excluding hydrogens is 368 g/mol. The summed E-state index contributed by atoms with van der Waals surface area (Å²) >= 11 is 3.51. The van der Waals surface area contributed by atoms with Crippen LogP contribution in [0.5, 0.6) is 0 Å². The van der Waals surface area contributed by atoms with E-state index in [1.807, 2.05) is 60.1 Å². The molecule has 0 aliphatic carbocycles. The molecule has 0 saturated heterocycles. The maximum atomic E-state index is 10.5. The topological polar surface area (TPSA) is 65.1 Å². The molecule has 3 aromatic rings. The average Bonchev–Trinajstić information content (AvgIpc) is 3.05. The predicted molar refractivity (Wildman–Crippen MR) is 99.5 cm³/mol. The Labute approximate surface area is 147 Å². The van der Waals surface area contributed by atoms with Gasteiger partial charge in [0.15, 0.2) is 0 Å². The van der Waals surface area contributed by atoms with Crippen molar-refractivity contribution in [1.82, 2.24) is 9.55 Å². The van der Waals surface area contributed by atoms with Gasteiger partial charge in [-0.2, -0.15) is 0 Å². The number of hydrogen-bond donors (Lipinski definition) is 2. The molecule has 1 aliphatic rings. The highest BCUT2D eigenvalue weighted by Gasteiger charge is 2.32. The Kier molecular flexibility index (Phi) is 3.42. The maximum Gasteiger partial charge on any atom is 0.148 e. The quantitative estimate of drug-likeness (QED) is 0.700. The highest BCUT2D eigenvalue weighted by molar-refractivity contribution is 9.10. The Bertz CT molecular complexity index is 1010. The average molecular weight is 383 g/mol. The molecule has 0 unspecified atom stereocenters. The van der Waals surface area contributed by atoms with Crippen LogP contribution >= 0.6 is 15.9 Å². The lowest BCUT2D eigenvalue weighted by Gasteiger charge is -2.20. The van der Waals surface area contributed by atoms with Crippen molar-refractivity contribution < 1.29 is 5.11 Å². The first-order valence-electron chi connectivity index (χ1n) is 7.53. The minimum absolute atomic E-state index is 0.161. The fourth-order valence-electron chi connectivity index (χ4n) is 3.06. The molecule has 6 heteroatoms. The zero-order valence-electron chi connectivity index (χ0n) is 13.0. The third-order valence-electron chi connectivity index (χ3n) is 4.26. The number of benzene rings is 2. The van der Waals surface area contributed by atoms with Crippen LogP contribution in [0.1, 0.15) is 5.82 Å². The molecule has 2 aromatic carbocycles. The van der Waals surface area contributed by atoms with E-state index in [1.54, 1.807) is 4.90 Å². The van der Waals surface area contributed by atoms with E-state index in [4.69, 9.17) is 5.41 Å². The van der Waals surface area contributed by atoms with Gasteiger partial charge < -0.3 is 14.6 Å². The van der Waals surface area contributed by atoms with Gasteiger partial charge in [-0.15, -0.1) is 0 Å². The summed E-state index contributed by atoms with van der Waals surface area (Å²) in [6.07, 6.45) is 0. The van der Waals surface area contributed by atoms with Crippen LogP contribution < -0.4 is 4.90 Å². The number of nitrogens with zero attached hydrogens (tertiary/aromatic N) is 3. The molecule has 1 aromatic heterocycles. The minimum Gasteiger partial charge on any atom is -0.509 e. The van der Waals surface area contributed by atoms with Crippen molar-refractivity contribution in [2.45, 2.75) is 0 Å². The van der Waals surface area contributed by atoms with E-state index in [9.17, 15) is 5.11 Å². The summed E-state index contributed by atoms with van der Waals surface area (Å²) in [5.41, 5.74) is 3.15. The first-order chi connectivity index (χ1) is 11.6. The number of aryl methyl sites for hydroxylation is 1. The van der Waals surface area contributed by atoms with Crippen molar-refractivity contribution in [3.63, 3.8) is 0 Å². The summed E-state index contributed by atoms with van der Waals surface area (Å²) in [5.74, 6) is 1.01. The summed E-state index contributed by atoms with van der Waals surface area (Å²) < 4.78 is 2.80. The fourth-order valence-corrected chi connectivity index (χ4v) is 3.56. The van der Waals surface area contributed by atoms with Gasteiger partial charge in [0.2, 0.25) is 0 Å². The third kappa shape index (κ3) is 2.14. The molecule has 2 heterocycles. The Balaban J connectivity index is 1.81. The summed E-state index contributed by atoms with van der Waals surface area (Å²) in [7, 11) is 1.90. The number of para-hydroxylation sites is 3. The molecule has 2 N–H and O–H groups in total. The Morgan fingerprint density at radius 2 is 1.83 bits per heavy atom. The first-order valence-corrected chi connectivity index (χ1v) is 8.32. The molecular formula is C18H15BrN4O. The predicted octanol–water partition coefficient (Wildman–Crippen LogP) is 4.10. The van der Waals surface area contributed by atoms with Gasteiger partial charge in [-0.05, 0) is 40.2 Å². The van der Waals surface area contributed by atoms with Gasteiger partial charge in [0.1, 0.15) is 17.4 Å². The van der Waals surface area contributed by atoms with Gasteiger partial charge in [-0.1, -0.05) is 24.3 Å². The number of nitrogens with one attached hydrogen (secondary N) is 1. The van der Waals surface area contributed by atoms with Crippen LogP contribution in [0, 0.1) is 5.41 Å². The lowest BCUT2D eigenvalue weighted by molar-refractivity contribution is 0.411. The second kappa shape index (κ2) is 5.49. The number of halogens is 1. The largest absolute Gasteiger partial charge is 0.509 e. The van der Waals surface area contributed by atoms with E-state index in [0.29, 0.717) is 11.4 Å². The van der Waals surface area contributed by atoms with Gasteiger partial charge >= 0.3 is 0 Å². The van der Waals surface area contributed by atoms with Gasteiger partial charge in [-0.25, -0.2) is 4.98 Å². The number of hydrogen-bond acceptors (Lipinski definition) is 3. The Hall–Kier alpha value is -2.60. The lowest BCUT2D eigenvalue weighted by Crippen LogP contribution is -2.26. The van der Waals surface area contributed by atoms with Crippen LogP contribution in [0.2, 0.25) is 0 Å². The van der Waals surface area contributed by atoms with Crippen LogP contribution in [0.4, 0.5) is 5.69 Å². The number of rotatable bonds is 2. The van der Waals surface area contributed by atoms with Crippen LogP contribution in [0.25, 0.3) is 16.6 Å². The monoisotopic (exact) mass is 382 g/mol. The SMILES string of the molecule is Cn1c(C2=C(O)CN(c3ccccc3Br)C2=N)nc2ccccc21. The second-order valence-electron chi connectivity index (χ2n) is 5.69. The number of aliphatic hydroxyl groups is 1. The highest BCUT2D eigenvalue weighted by Crippen LogP contribution is 2.35. The van der Waals surface area contributed by atoms with Crippen molar-refractivity contribution in [2.24, 2.45) is 7.05 Å². The molecule has 0 fully saturated rings. The number of aromatic nitrogens is 2. The number of aliphatic hydroxyl groups excluding tert-OH is 1. The molecule has 0 atom stereocenters. The van der Waals surface area contributed by atoms with Crippen LogP contribution in [-0.4, -0.2) is 27.0 Å². The number of fused-ring (bicyclic) bond motifs is 1. The lowest BCUT2D eigenvalue weighted by atomic mass is 10.2. The summed E-state index contributed by atoms with van der Waals surface area (Å²) in [6, 6.07) is 15.5. The summed E-state index contributed by atoms with van der Waals surface area (Å²) in [5, 5.41) is 19.1. The fraction of sp³-hybridized carbons (Fsp3) is 0.111. The van der Waals surface area contributed by atoms with E-state index in [2.05, 4.69) is 20.9 Å². The third-order valence-corrected chi connectivity index (χ3v) is 4.93. The Morgan fingerprint density at radius 1 is 1.12 bits per heavy atom. The van der Waals surface area contributed by atoms with Gasteiger partial charge in [0.05, 0.1) is 28.8 Å². The molecule has 4 rings (SSSR count). The number of amidine groups is 1. The molecule has 120 valence electrons. The van der Waals surface area contributed by atoms with Crippen LogP contribution in [0.15, 0.2) is 58.8 Å². The first kappa shape index (κ1) is 15.0. The standard InChI is InChI=1S/C18H15BrN4O/c1-22-14-9-5-3-7-12(14)21-18(22)16-15(24)10-23(17(16)20)13-8-4-2-6-11(13)19/h2-9,20,24H,10H2,1H3. The van der Waals surface area contributed by atoms with Crippen molar-refractivity contribution in [3.05, 3.63) is 64.6 Å². The van der Waals surface area contributed by atoms with Crippen molar-refractivity contribution >= 4 is 44.1 Å². The zero-order valence-corrected chi connectivity index (χ0v) is 14.6. The second-order valence-corrected chi connectivity index (χ2v) is 6.55. The van der Waals surface area contributed by atoms with E-state index in [-0.39, 0.29) is 18.1 Å². The van der Waals surface area contributed by atoms with E-state index in [1.165, 1.54) is 0 Å². The van der Waals surface area contributed by atoms with Crippen LogP contribution in [-0.2, 0) is 7.05 Å². The van der Waals surface area contributed by atoms with Gasteiger partial charge in [0.25, 0.3) is 0 Å². The number of anilines is 1. The maximum absolute atomic E-state index is 10.5. The van der Waals surface area contributed by atoms with E-state index >= 15 is 0 Å². The molecule has 0 amide bonds. The minimum atomic E-state index is 0.161. The van der Waals surface area contributed by atoms with E-state index in [0.717, 1.165) is 21.2 Å². The molecule has 1 aliphatic heterocycles. The molecule has 0 radical (unpaired) electrons. The zero-order chi connectivity index (χ0) is 16.8. The van der Waals surface area contributed by atoms with Gasteiger partial charge in [-0.3, -0.25) is 5.41 Å². The van der Waals surface area contributed by atoms with Gasteiger partial charge in [0, 0.05) is 11.5 Å². The molecule has 0 bridgehead atoms. The van der Waals surface area contributed by atoms with Crippen molar-refractivity contribution in [2.75, 3.05) is 11.4 Å². The smallest absolute Gasteiger partial charge is 0.148 e. The Morgan fingerprint density at radius 3 is 2.58 bits per heavy atom. The van der Waals surface area contributed by atoms with E-state index < -0.39 is 0 Å². The van der Waals surface area contributed by atoms with Crippen LogP contribution in [0.3, 0.4) is 0 Å². The normalized spacial score (nSPS) is 14.9.